The maximum Gasteiger partial charge on any atom is 0.280 e. The Morgan fingerprint density at radius 3 is 2.75 bits per heavy atom. The molecule has 0 aliphatic rings. The molecule has 2 aromatic rings. The highest BCUT2D eigenvalue weighted by molar-refractivity contribution is 5.67. The van der Waals surface area contributed by atoms with Crippen LogP contribution in [-0.4, -0.2) is 15.1 Å². The predicted octanol–water partition coefficient (Wildman–Crippen LogP) is 2.69. The van der Waals surface area contributed by atoms with Crippen LogP contribution in [0.25, 0.3) is 11.4 Å². The number of hydrogen-bond acceptors (Lipinski definition) is 6. The lowest BCUT2D eigenvalue weighted by Gasteiger charge is -2.08. The van der Waals surface area contributed by atoms with E-state index in [4.69, 9.17) is 10.3 Å². The van der Waals surface area contributed by atoms with Gasteiger partial charge in [0.15, 0.2) is 0 Å². The Balaban J connectivity index is 2.32. The number of nitrogens with zero attached hydrogens (tertiary/aromatic N) is 3. The van der Waals surface area contributed by atoms with Crippen LogP contribution in [0.3, 0.4) is 0 Å². The molecular formula is C13H16N4O3. The van der Waals surface area contributed by atoms with Crippen molar-refractivity contribution in [3.8, 4) is 11.4 Å². The van der Waals surface area contributed by atoms with Gasteiger partial charge in [-0.1, -0.05) is 31.1 Å². The standard InChI is InChI=1S/C13H16N4O3/c1-8(2)7-10(14)13-15-12(16-20-13)9-5-3-4-6-11(9)17(18)19/h3-6,8,10H,7,14H2,1-2H3. The van der Waals surface area contributed by atoms with E-state index in [1.807, 2.05) is 13.8 Å². The highest BCUT2D eigenvalue weighted by Crippen LogP contribution is 2.28. The Kier molecular flexibility index (Phi) is 4.09. The Labute approximate surface area is 115 Å². The second-order valence-electron chi connectivity index (χ2n) is 4.97. The van der Waals surface area contributed by atoms with Crippen molar-refractivity contribution in [1.82, 2.24) is 10.1 Å². The van der Waals surface area contributed by atoms with Crippen LogP contribution in [-0.2, 0) is 0 Å². The molecule has 20 heavy (non-hydrogen) atoms. The van der Waals surface area contributed by atoms with E-state index < -0.39 is 4.92 Å². The minimum absolute atomic E-state index is 0.0581. The summed E-state index contributed by atoms with van der Waals surface area (Å²) in [5, 5.41) is 14.8. The van der Waals surface area contributed by atoms with Gasteiger partial charge >= 0.3 is 0 Å². The highest BCUT2D eigenvalue weighted by atomic mass is 16.6. The first-order valence-electron chi connectivity index (χ1n) is 6.32. The molecule has 7 nitrogen and oxygen atoms in total. The van der Waals surface area contributed by atoms with E-state index in [-0.39, 0.29) is 17.6 Å². The minimum Gasteiger partial charge on any atom is -0.337 e. The Morgan fingerprint density at radius 2 is 2.10 bits per heavy atom. The number of para-hydroxylation sites is 1. The van der Waals surface area contributed by atoms with Crippen molar-refractivity contribution in [2.24, 2.45) is 11.7 Å². The highest BCUT2D eigenvalue weighted by Gasteiger charge is 2.21. The maximum absolute atomic E-state index is 11.0. The largest absolute Gasteiger partial charge is 0.337 e. The second kappa shape index (κ2) is 5.79. The molecule has 0 saturated heterocycles. The smallest absolute Gasteiger partial charge is 0.280 e. The summed E-state index contributed by atoms with van der Waals surface area (Å²) in [5.41, 5.74) is 6.22. The van der Waals surface area contributed by atoms with Gasteiger partial charge in [0.05, 0.1) is 11.0 Å². The van der Waals surface area contributed by atoms with Crippen LogP contribution in [0.1, 0.15) is 32.2 Å². The van der Waals surface area contributed by atoms with Crippen LogP contribution in [0.4, 0.5) is 5.69 Å². The molecule has 106 valence electrons. The van der Waals surface area contributed by atoms with E-state index in [0.717, 1.165) is 0 Å². The lowest BCUT2D eigenvalue weighted by atomic mass is 10.0. The van der Waals surface area contributed by atoms with Crippen molar-refractivity contribution in [1.29, 1.82) is 0 Å². The van der Waals surface area contributed by atoms with E-state index in [1.165, 1.54) is 6.07 Å². The number of rotatable bonds is 5. The van der Waals surface area contributed by atoms with Crippen molar-refractivity contribution in [2.45, 2.75) is 26.3 Å². The summed E-state index contributed by atoms with van der Waals surface area (Å²) < 4.78 is 5.11. The summed E-state index contributed by atoms with van der Waals surface area (Å²) in [6, 6.07) is 5.90. The third-order valence-electron chi connectivity index (χ3n) is 2.83. The van der Waals surface area contributed by atoms with E-state index in [9.17, 15) is 10.1 Å². The number of hydrogen-bond donors (Lipinski definition) is 1. The zero-order chi connectivity index (χ0) is 14.7. The number of nitrogens with two attached hydrogens (primary N) is 1. The first-order chi connectivity index (χ1) is 9.49. The molecule has 1 heterocycles. The molecule has 2 rings (SSSR count). The first-order valence-corrected chi connectivity index (χ1v) is 6.32. The summed E-state index contributed by atoms with van der Waals surface area (Å²) in [5.74, 6) is 0.879. The van der Waals surface area contributed by atoms with Crippen LogP contribution >= 0.6 is 0 Å². The topological polar surface area (TPSA) is 108 Å². The molecule has 0 bridgehead atoms. The number of benzene rings is 1. The third kappa shape index (κ3) is 3.00. The fourth-order valence-corrected chi connectivity index (χ4v) is 1.93. The number of nitro benzene ring substituents is 1. The lowest BCUT2D eigenvalue weighted by Crippen LogP contribution is -2.13. The van der Waals surface area contributed by atoms with Crippen molar-refractivity contribution in [3.63, 3.8) is 0 Å². The van der Waals surface area contributed by atoms with Crippen molar-refractivity contribution >= 4 is 5.69 Å². The normalized spacial score (nSPS) is 12.6. The quantitative estimate of drug-likeness (QED) is 0.664. The molecule has 0 radical (unpaired) electrons. The fourth-order valence-electron chi connectivity index (χ4n) is 1.93. The summed E-state index contributed by atoms with van der Waals surface area (Å²) >= 11 is 0. The van der Waals surface area contributed by atoms with Gasteiger partial charge in [-0.2, -0.15) is 4.98 Å². The van der Waals surface area contributed by atoms with Gasteiger partial charge in [-0.3, -0.25) is 10.1 Å². The lowest BCUT2D eigenvalue weighted by molar-refractivity contribution is -0.384. The minimum atomic E-state index is -0.473. The SMILES string of the molecule is CC(C)CC(N)c1nc(-c2ccccc2[N+](=O)[O-])no1. The Bertz CT molecular complexity index is 609. The second-order valence-corrected chi connectivity index (χ2v) is 4.97. The molecule has 1 aromatic carbocycles. The molecule has 0 amide bonds. The zero-order valence-corrected chi connectivity index (χ0v) is 11.3. The molecular weight excluding hydrogens is 260 g/mol. The van der Waals surface area contributed by atoms with Crippen LogP contribution in [0, 0.1) is 16.0 Å². The van der Waals surface area contributed by atoms with Gasteiger partial charge in [-0.05, 0) is 18.4 Å². The zero-order valence-electron chi connectivity index (χ0n) is 11.3. The molecule has 1 aromatic heterocycles. The number of nitro groups is 1. The van der Waals surface area contributed by atoms with Gasteiger partial charge in [0.25, 0.3) is 5.69 Å². The molecule has 0 aliphatic heterocycles. The third-order valence-corrected chi connectivity index (χ3v) is 2.83. The molecule has 2 N–H and O–H groups in total. The van der Waals surface area contributed by atoms with Gasteiger partial charge in [0, 0.05) is 6.07 Å². The van der Waals surface area contributed by atoms with Crippen LogP contribution < -0.4 is 5.73 Å². The molecule has 0 spiro atoms. The van der Waals surface area contributed by atoms with E-state index in [0.29, 0.717) is 23.8 Å². The Hall–Kier alpha value is -2.28. The van der Waals surface area contributed by atoms with Gasteiger partial charge in [-0.15, -0.1) is 0 Å². The van der Waals surface area contributed by atoms with Crippen LogP contribution in [0.2, 0.25) is 0 Å². The van der Waals surface area contributed by atoms with E-state index >= 15 is 0 Å². The molecule has 7 heteroatoms. The van der Waals surface area contributed by atoms with Gasteiger partial charge in [0.2, 0.25) is 11.7 Å². The average Bonchev–Trinajstić information content (AvgIpc) is 2.87. The molecule has 1 atom stereocenters. The summed E-state index contributed by atoms with van der Waals surface area (Å²) in [4.78, 5) is 14.7. The van der Waals surface area contributed by atoms with Gasteiger partial charge in [-0.25, -0.2) is 0 Å². The summed E-state index contributed by atoms with van der Waals surface area (Å²) in [7, 11) is 0. The van der Waals surface area contributed by atoms with Crippen molar-refractivity contribution < 1.29 is 9.45 Å². The summed E-state index contributed by atoms with van der Waals surface area (Å²) in [6.45, 7) is 4.08. The molecule has 0 fully saturated rings. The summed E-state index contributed by atoms with van der Waals surface area (Å²) in [6.07, 6.45) is 0.707. The first kappa shape index (κ1) is 14.1. The fraction of sp³-hybridized carbons (Fsp3) is 0.385. The van der Waals surface area contributed by atoms with Crippen molar-refractivity contribution in [2.75, 3.05) is 0 Å². The molecule has 0 aliphatic carbocycles. The average molecular weight is 276 g/mol. The van der Waals surface area contributed by atoms with Crippen LogP contribution in [0.5, 0.6) is 0 Å². The van der Waals surface area contributed by atoms with Gasteiger partial charge < -0.3 is 10.3 Å². The van der Waals surface area contributed by atoms with Gasteiger partial charge in [0.1, 0.15) is 5.56 Å². The van der Waals surface area contributed by atoms with E-state index in [2.05, 4.69) is 10.1 Å². The Morgan fingerprint density at radius 1 is 1.40 bits per heavy atom. The van der Waals surface area contributed by atoms with Crippen molar-refractivity contribution in [3.05, 3.63) is 40.3 Å². The van der Waals surface area contributed by atoms with Crippen LogP contribution in [0.15, 0.2) is 28.8 Å². The monoisotopic (exact) mass is 276 g/mol. The number of aromatic nitrogens is 2. The van der Waals surface area contributed by atoms with E-state index in [1.54, 1.807) is 18.2 Å². The molecule has 0 saturated carbocycles. The maximum atomic E-state index is 11.0. The molecule has 1 unspecified atom stereocenters. The predicted molar refractivity (Wildman–Crippen MR) is 72.8 cm³/mol.